The van der Waals surface area contributed by atoms with Crippen LogP contribution in [0.5, 0.6) is 0 Å². The highest BCUT2D eigenvalue weighted by atomic mass is 16.4. The molecule has 5 heteroatoms. The van der Waals surface area contributed by atoms with Crippen LogP contribution in [0.25, 0.3) is 0 Å². The Labute approximate surface area is 121 Å². The second-order valence-corrected chi connectivity index (χ2v) is 5.89. The maximum atomic E-state index is 12.5. The molecule has 1 fully saturated rings. The van der Waals surface area contributed by atoms with Gasteiger partial charge in [-0.3, -0.25) is 9.59 Å². The van der Waals surface area contributed by atoms with Crippen molar-refractivity contribution in [2.24, 2.45) is 0 Å². The van der Waals surface area contributed by atoms with Crippen LogP contribution in [0, 0.1) is 0 Å². The molecule has 0 radical (unpaired) electrons. The Bertz CT molecular complexity index is 338. The van der Waals surface area contributed by atoms with E-state index in [1.54, 1.807) is 4.90 Å². The van der Waals surface area contributed by atoms with Gasteiger partial charge in [0.2, 0.25) is 5.91 Å². The summed E-state index contributed by atoms with van der Waals surface area (Å²) in [5.41, 5.74) is -0.0916. The number of rotatable bonds is 7. The van der Waals surface area contributed by atoms with Crippen LogP contribution in [0.3, 0.4) is 0 Å². The lowest BCUT2D eigenvalue weighted by atomic mass is 9.79. The molecule has 0 bridgehead atoms. The van der Waals surface area contributed by atoms with Gasteiger partial charge in [0.15, 0.2) is 0 Å². The number of carbonyl (C=O) groups excluding carboxylic acids is 1. The Balaban J connectivity index is 2.68. The van der Waals surface area contributed by atoms with Gasteiger partial charge in [-0.25, -0.2) is 0 Å². The fourth-order valence-electron chi connectivity index (χ4n) is 3.23. The molecule has 0 aromatic rings. The van der Waals surface area contributed by atoms with E-state index in [4.69, 9.17) is 5.11 Å². The molecular weight excluding hydrogens is 256 g/mol. The Hall–Kier alpha value is -1.10. The van der Waals surface area contributed by atoms with E-state index < -0.39 is 5.97 Å². The Morgan fingerprint density at radius 2 is 1.90 bits per heavy atom. The van der Waals surface area contributed by atoms with Gasteiger partial charge in [0, 0.05) is 24.5 Å². The predicted octanol–water partition coefficient (Wildman–Crippen LogP) is 2.01. The van der Waals surface area contributed by atoms with Crippen molar-refractivity contribution in [2.45, 2.75) is 70.4 Å². The summed E-state index contributed by atoms with van der Waals surface area (Å²) in [6.45, 7) is 4.28. The zero-order valence-electron chi connectivity index (χ0n) is 12.9. The summed E-state index contributed by atoms with van der Waals surface area (Å²) in [5.74, 6) is -0.790. The van der Waals surface area contributed by atoms with Crippen molar-refractivity contribution in [3.63, 3.8) is 0 Å². The van der Waals surface area contributed by atoms with E-state index in [0.29, 0.717) is 13.0 Å². The first-order chi connectivity index (χ1) is 9.44. The molecule has 1 rings (SSSR count). The topological polar surface area (TPSA) is 69.6 Å². The van der Waals surface area contributed by atoms with Crippen molar-refractivity contribution in [1.82, 2.24) is 10.2 Å². The summed E-state index contributed by atoms with van der Waals surface area (Å²) in [4.78, 5) is 25.0. The van der Waals surface area contributed by atoms with E-state index in [1.807, 2.05) is 20.9 Å². The number of hydrogen-bond donors (Lipinski definition) is 2. The van der Waals surface area contributed by atoms with Crippen LogP contribution in [0.4, 0.5) is 0 Å². The van der Waals surface area contributed by atoms with E-state index in [-0.39, 0.29) is 23.9 Å². The fourth-order valence-corrected chi connectivity index (χ4v) is 3.23. The second-order valence-electron chi connectivity index (χ2n) is 5.89. The predicted molar refractivity (Wildman–Crippen MR) is 78.6 cm³/mol. The Morgan fingerprint density at radius 1 is 1.30 bits per heavy atom. The normalized spacial score (nSPS) is 19.4. The van der Waals surface area contributed by atoms with E-state index in [9.17, 15) is 9.59 Å². The van der Waals surface area contributed by atoms with Gasteiger partial charge in [0.05, 0.1) is 6.42 Å². The Morgan fingerprint density at radius 3 is 2.35 bits per heavy atom. The second kappa shape index (κ2) is 7.62. The van der Waals surface area contributed by atoms with Gasteiger partial charge in [0.1, 0.15) is 0 Å². The lowest BCUT2D eigenvalue weighted by molar-refractivity contribution is -0.141. The molecule has 0 aromatic heterocycles. The van der Waals surface area contributed by atoms with E-state index in [0.717, 1.165) is 25.7 Å². The highest BCUT2D eigenvalue weighted by Gasteiger charge is 2.34. The largest absolute Gasteiger partial charge is 0.481 e. The summed E-state index contributed by atoms with van der Waals surface area (Å²) >= 11 is 0. The van der Waals surface area contributed by atoms with Gasteiger partial charge in [0.25, 0.3) is 0 Å². The van der Waals surface area contributed by atoms with Crippen molar-refractivity contribution < 1.29 is 14.7 Å². The molecule has 1 unspecified atom stereocenters. The lowest BCUT2D eigenvalue weighted by Gasteiger charge is -2.39. The summed E-state index contributed by atoms with van der Waals surface area (Å²) < 4.78 is 0. The van der Waals surface area contributed by atoms with Gasteiger partial charge in [-0.05, 0) is 33.7 Å². The molecule has 0 spiro atoms. The SMILES string of the molecule is CCN(C(=O)CC1(NC)CCCCC1)C(C)CC(=O)O. The molecule has 0 saturated heterocycles. The lowest BCUT2D eigenvalue weighted by Crippen LogP contribution is -2.50. The van der Waals surface area contributed by atoms with Crippen LogP contribution >= 0.6 is 0 Å². The molecule has 0 aliphatic heterocycles. The number of amides is 1. The highest BCUT2D eigenvalue weighted by Crippen LogP contribution is 2.31. The van der Waals surface area contributed by atoms with E-state index in [2.05, 4.69) is 5.32 Å². The van der Waals surface area contributed by atoms with Gasteiger partial charge in [-0.15, -0.1) is 0 Å². The first-order valence-electron chi connectivity index (χ1n) is 7.64. The summed E-state index contributed by atoms with van der Waals surface area (Å²) in [6.07, 6.45) is 6.09. The number of carboxylic acid groups (broad SMARTS) is 1. The molecule has 0 aromatic carbocycles. The highest BCUT2D eigenvalue weighted by molar-refractivity contribution is 5.78. The van der Waals surface area contributed by atoms with Crippen molar-refractivity contribution in [1.29, 1.82) is 0 Å². The molecule has 2 N–H and O–H groups in total. The third-order valence-electron chi connectivity index (χ3n) is 4.49. The number of carboxylic acids is 1. The molecular formula is C15H28N2O3. The minimum atomic E-state index is -0.857. The number of aliphatic carboxylic acids is 1. The average Bonchev–Trinajstić information content (AvgIpc) is 2.39. The zero-order valence-corrected chi connectivity index (χ0v) is 12.9. The molecule has 5 nitrogen and oxygen atoms in total. The number of carbonyl (C=O) groups is 2. The van der Waals surface area contributed by atoms with Gasteiger partial charge in [-0.2, -0.15) is 0 Å². The molecule has 1 saturated carbocycles. The Kier molecular flexibility index (Phi) is 6.46. The third-order valence-corrected chi connectivity index (χ3v) is 4.49. The smallest absolute Gasteiger partial charge is 0.305 e. The van der Waals surface area contributed by atoms with E-state index >= 15 is 0 Å². The summed E-state index contributed by atoms with van der Waals surface area (Å²) in [7, 11) is 1.93. The molecule has 20 heavy (non-hydrogen) atoms. The minimum Gasteiger partial charge on any atom is -0.481 e. The first-order valence-corrected chi connectivity index (χ1v) is 7.64. The number of nitrogens with zero attached hydrogens (tertiary/aromatic N) is 1. The van der Waals surface area contributed by atoms with Crippen LogP contribution in [0.15, 0.2) is 0 Å². The third kappa shape index (κ3) is 4.47. The maximum absolute atomic E-state index is 12.5. The van der Waals surface area contributed by atoms with Crippen molar-refractivity contribution >= 4 is 11.9 Å². The summed E-state index contributed by atoms with van der Waals surface area (Å²) in [6, 6.07) is -0.248. The van der Waals surface area contributed by atoms with Crippen molar-refractivity contribution in [3.05, 3.63) is 0 Å². The van der Waals surface area contributed by atoms with Gasteiger partial charge < -0.3 is 15.3 Å². The van der Waals surface area contributed by atoms with Crippen LogP contribution in [-0.2, 0) is 9.59 Å². The van der Waals surface area contributed by atoms with Crippen LogP contribution in [0.1, 0.15) is 58.8 Å². The molecule has 1 aliphatic carbocycles. The number of nitrogens with one attached hydrogen (secondary N) is 1. The van der Waals surface area contributed by atoms with Crippen molar-refractivity contribution in [2.75, 3.05) is 13.6 Å². The first kappa shape index (κ1) is 17.0. The zero-order chi connectivity index (χ0) is 15.2. The molecule has 1 aliphatic rings. The average molecular weight is 284 g/mol. The number of hydrogen-bond acceptors (Lipinski definition) is 3. The molecule has 1 amide bonds. The minimum absolute atomic E-state index is 0.00608. The monoisotopic (exact) mass is 284 g/mol. The van der Waals surface area contributed by atoms with Crippen LogP contribution in [0.2, 0.25) is 0 Å². The quantitative estimate of drug-likeness (QED) is 0.750. The van der Waals surface area contributed by atoms with Gasteiger partial charge >= 0.3 is 5.97 Å². The summed E-state index contributed by atoms with van der Waals surface area (Å²) in [5, 5.41) is 12.2. The molecule has 116 valence electrons. The molecule has 1 atom stereocenters. The maximum Gasteiger partial charge on any atom is 0.305 e. The van der Waals surface area contributed by atoms with Crippen LogP contribution in [-0.4, -0.2) is 47.1 Å². The van der Waals surface area contributed by atoms with Crippen LogP contribution < -0.4 is 5.32 Å². The fraction of sp³-hybridized carbons (Fsp3) is 0.867. The van der Waals surface area contributed by atoms with E-state index in [1.165, 1.54) is 6.42 Å². The molecule has 0 heterocycles. The van der Waals surface area contributed by atoms with Crippen molar-refractivity contribution in [3.8, 4) is 0 Å². The standard InChI is InChI=1S/C15H28N2O3/c1-4-17(12(2)10-14(19)20)13(18)11-15(16-3)8-6-5-7-9-15/h12,16H,4-11H2,1-3H3,(H,19,20). The van der Waals surface area contributed by atoms with Gasteiger partial charge in [-0.1, -0.05) is 19.3 Å².